The molecule has 3 fully saturated rings. The predicted octanol–water partition coefficient (Wildman–Crippen LogP) is 3.06. The van der Waals surface area contributed by atoms with Crippen LogP contribution >= 0.6 is 0 Å². The molecule has 1 saturated carbocycles. The van der Waals surface area contributed by atoms with Gasteiger partial charge in [-0.3, -0.25) is 14.4 Å². The van der Waals surface area contributed by atoms with Gasteiger partial charge in [-0.2, -0.15) is 0 Å². The zero-order chi connectivity index (χ0) is 30.2. The Balaban J connectivity index is 2.23. The molecule has 11 unspecified atom stereocenters. The van der Waals surface area contributed by atoms with Gasteiger partial charge in [0, 0.05) is 43.9 Å². The molecule has 11 atom stereocenters. The summed E-state index contributed by atoms with van der Waals surface area (Å²) in [5.41, 5.74) is -4.51. The number of carbonyl (C=O) groups is 3. The summed E-state index contributed by atoms with van der Waals surface area (Å²) in [7, 11) is 0. The molecule has 0 aromatic heterocycles. The second-order valence-corrected chi connectivity index (χ2v) is 13.1. The summed E-state index contributed by atoms with van der Waals surface area (Å²) in [6.45, 7) is 13.8. The van der Waals surface area contributed by atoms with Gasteiger partial charge >= 0.3 is 17.9 Å². The lowest BCUT2D eigenvalue weighted by atomic mass is 9.55. The zero-order valence-corrected chi connectivity index (χ0v) is 25.3. The molecule has 40 heavy (non-hydrogen) atoms. The number of fused-ring (bicyclic) bond motifs is 5. The molecule has 2 aliphatic heterocycles. The second-order valence-electron chi connectivity index (χ2n) is 13.1. The van der Waals surface area contributed by atoms with E-state index in [0.29, 0.717) is 12.8 Å². The maximum Gasteiger partial charge on any atom is 0.306 e. The lowest BCUT2D eigenvalue weighted by Crippen LogP contribution is -2.68. The largest absolute Gasteiger partial charge is 0.458 e. The smallest absolute Gasteiger partial charge is 0.306 e. The minimum Gasteiger partial charge on any atom is -0.458 e. The monoisotopic (exact) mass is 570 g/mol. The molecule has 0 aromatic carbocycles. The molecule has 3 aliphatic rings. The van der Waals surface area contributed by atoms with Crippen LogP contribution in [0, 0.1) is 23.7 Å². The SMILES string of the molecule is CCCC(=O)OC1C(C(C)C)C2C3OC(CC(C)(O)C(O)CCC3(C)OC(=O)CCC)C2C(C)(O)C1OC(C)=O. The Kier molecular flexibility index (Phi) is 10.0. The van der Waals surface area contributed by atoms with Gasteiger partial charge in [-0.25, -0.2) is 0 Å². The minimum absolute atomic E-state index is 0.00113. The quantitative estimate of drug-likeness (QED) is 0.294. The summed E-state index contributed by atoms with van der Waals surface area (Å²) in [6, 6.07) is 0. The average molecular weight is 571 g/mol. The van der Waals surface area contributed by atoms with Crippen LogP contribution in [0.4, 0.5) is 0 Å². The highest BCUT2D eigenvalue weighted by atomic mass is 16.6. The van der Waals surface area contributed by atoms with Crippen LogP contribution in [-0.2, 0) is 33.3 Å². The third-order valence-corrected chi connectivity index (χ3v) is 9.29. The van der Waals surface area contributed by atoms with Gasteiger partial charge in [-0.05, 0) is 52.4 Å². The van der Waals surface area contributed by atoms with Crippen molar-refractivity contribution in [1.29, 1.82) is 0 Å². The molecule has 2 saturated heterocycles. The van der Waals surface area contributed by atoms with Gasteiger partial charge in [0.25, 0.3) is 0 Å². The maximum atomic E-state index is 12.9. The van der Waals surface area contributed by atoms with Crippen LogP contribution in [0.5, 0.6) is 0 Å². The molecule has 0 spiro atoms. The molecule has 230 valence electrons. The lowest BCUT2D eigenvalue weighted by Gasteiger charge is -2.55. The van der Waals surface area contributed by atoms with E-state index in [1.165, 1.54) is 13.8 Å². The number of carbonyl (C=O) groups excluding carboxylic acids is 3. The first kappa shape index (κ1) is 32.8. The predicted molar refractivity (Wildman–Crippen MR) is 145 cm³/mol. The zero-order valence-electron chi connectivity index (χ0n) is 25.3. The van der Waals surface area contributed by atoms with E-state index >= 15 is 0 Å². The van der Waals surface area contributed by atoms with Crippen molar-refractivity contribution in [2.75, 3.05) is 0 Å². The number of ether oxygens (including phenoxy) is 4. The van der Waals surface area contributed by atoms with Crippen LogP contribution in [0.3, 0.4) is 0 Å². The van der Waals surface area contributed by atoms with Crippen LogP contribution in [0.1, 0.15) is 100 Å². The fourth-order valence-electron chi connectivity index (χ4n) is 7.46. The van der Waals surface area contributed by atoms with E-state index in [-0.39, 0.29) is 38.0 Å². The topological polar surface area (TPSA) is 149 Å². The molecule has 3 N–H and O–H groups in total. The highest BCUT2D eigenvalue weighted by molar-refractivity contribution is 5.70. The van der Waals surface area contributed by atoms with Gasteiger partial charge in [0.1, 0.15) is 23.4 Å². The average Bonchev–Trinajstić information content (AvgIpc) is 3.20. The number of aliphatic hydroxyl groups excluding tert-OH is 1. The van der Waals surface area contributed by atoms with Crippen molar-refractivity contribution in [2.45, 2.75) is 148 Å². The highest BCUT2D eigenvalue weighted by Crippen LogP contribution is 2.58. The van der Waals surface area contributed by atoms with Crippen molar-refractivity contribution in [3.8, 4) is 0 Å². The Hall–Kier alpha value is -1.75. The van der Waals surface area contributed by atoms with Crippen LogP contribution in [0.2, 0.25) is 0 Å². The van der Waals surface area contributed by atoms with Gasteiger partial charge in [0.2, 0.25) is 0 Å². The second kappa shape index (κ2) is 12.2. The van der Waals surface area contributed by atoms with Crippen molar-refractivity contribution >= 4 is 17.9 Å². The van der Waals surface area contributed by atoms with E-state index in [1.54, 1.807) is 13.8 Å². The number of hydrogen-bond donors (Lipinski definition) is 3. The summed E-state index contributed by atoms with van der Waals surface area (Å²) in [5.74, 6) is -3.23. The van der Waals surface area contributed by atoms with Gasteiger partial charge in [-0.1, -0.05) is 27.7 Å². The minimum atomic E-state index is -1.74. The molecule has 10 nitrogen and oxygen atoms in total. The normalized spacial score (nSPS) is 43.2. The molecule has 3 rings (SSSR count). The number of aliphatic hydroxyl groups is 3. The van der Waals surface area contributed by atoms with Gasteiger partial charge in [-0.15, -0.1) is 0 Å². The number of esters is 3. The Labute approximate surface area is 238 Å². The van der Waals surface area contributed by atoms with Gasteiger partial charge in [0.05, 0.1) is 17.8 Å². The van der Waals surface area contributed by atoms with E-state index in [2.05, 4.69) is 0 Å². The first-order valence-corrected chi connectivity index (χ1v) is 14.9. The first-order valence-electron chi connectivity index (χ1n) is 14.9. The molecule has 0 amide bonds. The van der Waals surface area contributed by atoms with E-state index < -0.39 is 83.0 Å². The molecule has 1 aliphatic carbocycles. The maximum absolute atomic E-state index is 12.9. The standard InChI is InChI=1S/C30H50O10/c1-9-11-20(33)39-25-22(16(3)4)23-24(30(8,36)27(25)37-17(5)31)18-15-28(6,35)19(32)13-14-29(7,26(23)38-18)40-21(34)12-10-2/h16,18-19,22-27,32,35-36H,9-15H2,1-8H3. The van der Waals surface area contributed by atoms with E-state index in [1.807, 2.05) is 27.7 Å². The van der Waals surface area contributed by atoms with E-state index in [9.17, 15) is 29.7 Å². The Morgan fingerprint density at radius 3 is 2.15 bits per heavy atom. The molecule has 10 heteroatoms. The summed E-state index contributed by atoms with van der Waals surface area (Å²) in [6.07, 6.45) is -2.91. The summed E-state index contributed by atoms with van der Waals surface area (Å²) >= 11 is 0. The molecule has 2 heterocycles. The van der Waals surface area contributed by atoms with Crippen molar-refractivity contribution in [2.24, 2.45) is 23.7 Å². The van der Waals surface area contributed by atoms with Crippen molar-refractivity contribution in [3.05, 3.63) is 0 Å². The molecule has 2 bridgehead atoms. The van der Waals surface area contributed by atoms with Crippen LogP contribution in [-0.4, -0.2) is 80.6 Å². The number of hydrogen-bond acceptors (Lipinski definition) is 10. The third-order valence-electron chi connectivity index (χ3n) is 9.29. The van der Waals surface area contributed by atoms with Gasteiger partial charge < -0.3 is 34.3 Å². The summed E-state index contributed by atoms with van der Waals surface area (Å²) in [4.78, 5) is 38.0. The molecule has 0 aromatic rings. The Morgan fingerprint density at radius 1 is 1.00 bits per heavy atom. The Bertz CT molecular complexity index is 929. The Morgan fingerprint density at radius 2 is 1.60 bits per heavy atom. The van der Waals surface area contributed by atoms with Gasteiger partial charge in [0.15, 0.2) is 6.10 Å². The third kappa shape index (κ3) is 6.35. The van der Waals surface area contributed by atoms with E-state index in [4.69, 9.17) is 18.9 Å². The fourth-order valence-corrected chi connectivity index (χ4v) is 7.46. The summed E-state index contributed by atoms with van der Waals surface area (Å²) in [5, 5.41) is 34.5. The first-order chi connectivity index (χ1) is 18.5. The van der Waals surface area contributed by atoms with Crippen molar-refractivity contribution in [1.82, 2.24) is 0 Å². The summed E-state index contributed by atoms with van der Waals surface area (Å²) < 4.78 is 24.5. The molecular weight excluding hydrogens is 520 g/mol. The van der Waals surface area contributed by atoms with Crippen LogP contribution < -0.4 is 0 Å². The van der Waals surface area contributed by atoms with E-state index in [0.717, 1.165) is 0 Å². The lowest BCUT2D eigenvalue weighted by molar-refractivity contribution is -0.243. The van der Waals surface area contributed by atoms with Crippen molar-refractivity contribution in [3.63, 3.8) is 0 Å². The highest BCUT2D eigenvalue weighted by Gasteiger charge is 2.70. The van der Waals surface area contributed by atoms with Crippen molar-refractivity contribution < 1.29 is 48.7 Å². The number of rotatable bonds is 8. The van der Waals surface area contributed by atoms with Crippen LogP contribution in [0.25, 0.3) is 0 Å². The molecular formula is C30H50O10. The fraction of sp³-hybridized carbons (Fsp3) is 0.900. The molecule has 0 radical (unpaired) electrons. The van der Waals surface area contributed by atoms with Crippen LogP contribution in [0.15, 0.2) is 0 Å².